The van der Waals surface area contributed by atoms with Crippen molar-refractivity contribution in [3.63, 3.8) is 0 Å². The van der Waals surface area contributed by atoms with E-state index in [4.69, 9.17) is 10.5 Å². The first-order chi connectivity index (χ1) is 9.91. The minimum Gasteiger partial charge on any atom is -0.484 e. The van der Waals surface area contributed by atoms with Crippen molar-refractivity contribution in [1.82, 2.24) is 0 Å². The summed E-state index contributed by atoms with van der Waals surface area (Å²) in [5.41, 5.74) is 8.32. The second-order valence-corrected chi connectivity index (χ2v) is 7.00. The topological polar surface area (TPSA) is 35.2 Å². The highest BCUT2D eigenvalue weighted by molar-refractivity contribution is 9.10. The molecule has 0 aliphatic carbocycles. The van der Waals surface area contributed by atoms with Gasteiger partial charge in [-0.3, -0.25) is 0 Å². The SMILES string of the molecule is CC(C)(C)c1cccc(OC(CN)c2ccccc2Br)c1. The molecule has 0 aliphatic rings. The second kappa shape index (κ2) is 6.63. The van der Waals surface area contributed by atoms with Crippen molar-refractivity contribution in [1.29, 1.82) is 0 Å². The Morgan fingerprint density at radius 2 is 1.81 bits per heavy atom. The molecule has 2 rings (SSSR count). The van der Waals surface area contributed by atoms with E-state index in [1.807, 2.05) is 36.4 Å². The summed E-state index contributed by atoms with van der Waals surface area (Å²) in [7, 11) is 0. The molecule has 1 unspecified atom stereocenters. The maximum absolute atomic E-state index is 6.11. The normalized spacial score (nSPS) is 13.0. The van der Waals surface area contributed by atoms with Crippen molar-refractivity contribution in [2.75, 3.05) is 6.54 Å². The third-order valence-corrected chi connectivity index (χ3v) is 4.17. The first-order valence-electron chi connectivity index (χ1n) is 7.13. The second-order valence-electron chi connectivity index (χ2n) is 6.14. The summed E-state index contributed by atoms with van der Waals surface area (Å²) < 4.78 is 7.13. The molecule has 3 heteroatoms. The Morgan fingerprint density at radius 3 is 2.43 bits per heavy atom. The van der Waals surface area contributed by atoms with E-state index in [2.05, 4.69) is 48.8 Å². The van der Waals surface area contributed by atoms with E-state index in [1.54, 1.807) is 0 Å². The zero-order chi connectivity index (χ0) is 15.5. The monoisotopic (exact) mass is 347 g/mol. The van der Waals surface area contributed by atoms with Crippen molar-refractivity contribution in [2.45, 2.75) is 32.3 Å². The fraction of sp³-hybridized carbons (Fsp3) is 0.333. The van der Waals surface area contributed by atoms with Crippen molar-refractivity contribution < 1.29 is 4.74 Å². The van der Waals surface area contributed by atoms with Gasteiger partial charge in [-0.05, 0) is 29.2 Å². The molecule has 0 saturated carbocycles. The van der Waals surface area contributed by atoms with Crippen LogP contribution in [0.4, 0.5) is 0 Å². The minimum atomic E-state index is -0.157. The number of ether oxygens (including phenoxy) is 1. The first-order valence-corrected chi connectivity index (χ1v) is 7.93. The number of halogens is 1. The van der Waals surface area contributed by atoms with E-state index < -0.39 is 0 Å². The molecule has 0 bridgehead atoms. The van der Waals surface area contributed by atoms with Crippen LogP contribution in [0.25, 0.3) is 0 Å². The molecule has 21 heavy (non-hydrogen) atoms. The lowest BCUT2D eigenvalue weighted by Crippen LogP contribution is -2.19. The summed E-state index contributed by atoms with van der Waals surface area (Å²) in [6, 6.07) is 16.3. The molecule has 2 aromatic rings. The maximum atomic E-state index is 6.11. The number of hydrogen-bond donors (Lipinski definition) is 1. The van der Waals surface area contributed by atoms with Crippen LogP contribution >= 0.6 is 15.9 Å². The molecule has 2 nitrogen and oxygen atoms in total. The fourth-order valence-electron chi connectivity index (χ4n) is 2.17. The largest absolute Gasteiger partial charge is 0.484 e. The molecule has 2 aromatic carbocycles. The molecule has 112 valence electrons. The lowest BCUT2D eigenvalue weighted by Gasteiger charge is -2.22. The van der Waals surface area contributed by atoms with Gasteiger partial charge in [-0.1, -0.05) is 67.0 Å². The smallest absolute Gasteiger partial charge is 0.137 e. The van der Waals surface area contributed by atoms with Gasteiger partial charge in [0.1, 0.15) is 11.9 Å². The Bertz CT molecular complexity index is 604. The predicted molar refractivity (Wildman–Crippen MR) is 91.7 cm³/mol. The van der Waals surface area contributed by atoms with Gasteiger partial charge >= 0.3 is 0 Å². The van der Waals surface area contributed by atoms with Gasteiger partial charge in [0.25, 0.3) is 0 Å². The molecule has 0 saturated heterocycles. The molecule has 0 heterocycles. The van der Waals surface area contributed by atoms with E-state index in [1.165, 1.54) is 5.56 Å². The van der Waals surface area contributed by atoms with Gasteiger partial charge < -0.3 is 10.5 Å². The maximum Gasteiger partial charge on any atom is 0.137 e. The van der Waals surface area contributed by atoms with Crippen molar-refractivity contribution in [3.8, 4) is 5.75 Å². The minimum absolute atomic E-state index is 0.102. The zero-order valence-corrected chi connectivity index (χ0v) is 14.4. The van der Waals surface area contributed by atoms with Crippen molar-refractivity contribution in [3.05, 3.63) is 64.1 Å². The number of benzene rings is 2. The quantitative estimate of drug-likeness (QED) is 0.859. The lowest BCUT2D eigenvalue weighted by atomic mass is 9.87. The third-order valence-electron chi connectivity index (χ3n) is 3.44. The number of rotatable bonds is 4. The standard InChI is InChI=1S/C18H22BrNO/c1-18(2,3)13-7-6-8-14(11-13)21-17(12-20)15-9-4-5-10-16(15)19/h4-11,17H,12,20H2,1-3H3. The Balaban J connectivity index is 2.26. The molecule has 0 aromatic heterocycles. The number of hydrogen-bond acceptors (Lipinski definition) is 2. The predicted octanol–water partition coefficient (Wildman–Crippen LogP) is 4.83. The van der Waals surface area contributed by atoms with Crippen LogP contribution in [0.1, 0.15) is 38.0 Å². The van der Waals surface area contributed by atoms with Crippen molar-refractivity contribution >= 4 is 15.9 Å². The zero-order valence-electron chi connectivity index (χ0n) is 12.8. The molecule has 0 radical (unpaired) electrons. The molecule has 2 N–H and O–H groups in total. The van der Waals surface area contributed by atoms with E-state index >= 15 is 0 Å². The van der Waals surface area contributed by atoms with Gasteiger partial charge in [0, 0.05) is 16.6 Å². The van der Waals surface area contributed by atoms with Gasteiger partial charge in [0.15, 0.2) is 0 Å². The van der Waals surface area contributed by atoms with Gasteiger partial charge in [-0.15, -0.1) is 0 Å². The summed E-state index contributed by atoms with van der Waals surface area (Å²) in [6.07, 6.45) is -0.157. The van der Waals surface area contributed by atoms with Gasteiger partial charge in [0.05, 0.1) is 0 Å². The Hall–Kier alpha value is -1.32. The van der Waals surface area contributed by atoms with Crippen LogP contribution in [0.5, 0.6) is 5.75 Å². The lowest BCUT2D eigenvalue weighted by molar-refractivity contribution is 0.213. The van der Waals surface area contributed by atoms with E-state index in [0.717, 1.165) is 15.8 Å². The van der Waals surface area contributed by atoms with Crippen LogP contribution in [0, 0.1) is 0 Å². The summed E-state index contributed by atoms with van der Waals surface area (Å²) in [5, 5.41) is 0. The summed E-state index contributed by atoms with van der Waals surface area (Å²) >= 11 is 3.56. The fourth-order valence-corrected chi connectivity index (χ4v) is 2.72. The van der Waals surface area contributed by atoms with E-state index in [9.17, 15) is 0 Å². The van der Waals surface area contributed by atoms with Crippen molar-refractivity contribution in [2.24, 2.45) is 5.73 Å². The molecule has 0 amide bonds. The van der Waals surface area contributed by atoms with E-state index in [-0.39, 0.29) is 11.5 Å². The highest BCUT2D eigenvalue weighted by Crippen LogP contribution is 2.30. The highest BCUT2D eigenvalue weighted by Gasteiger charge is 2.17. The van der Waals surface area contributed by atoms with Gasteiger partial charge in [-0.2, -0.15) is 0 Å². The average molecular weight is 348 g/mol. The third kappa shape index (κ3) is 4.08. The van der Waals surface area contributed by atoms with Crippen LogP contribution < -0.4 is 10.5 Å². The molecule has 0 fully saturated rings. The summed E-state index contributed by atoms with van der Waals surface area (Å²) in [4.78, 5) is 0. The van der Waals surface area contributed by atoms with Crippen LogP contribution in [0.3, 0.4) is 0 Å². The van der Waals surface area contributed by atoms with E-state index in [0.29, 0.717) is 6.54 Å². The van der Waals surface area contributed by atoms with Crippen LogP contribution in [0.2, 0.25) is 0 Å². The Morgan fingerprint density at radius 1 is 1.10 bits per heavy atom. The number of nitrogens with two attached hydrogens (primary N) is 1. The highest BCUT2D eigenvalue weighted by atomic mass is 79.9. The average Bonchev–Trinajstić information content (AvgIpc) is 2.45. The van der Waals surface area contributed by atoms with Gasteiger partial charge in [-0.25, -0.2) is 0 Å². The molecule has 0 aliphatic heterocycles. The Labute approximate surface area is 135 Å². The van der Waals surface area contributed by atoms with Crippen LogP contribution in [0.15, 0.2) is 53.0 Å². The summed E-state index contributed by atoms with van der Waals surface area (Å²) in [6.45, 7) is 7.02. The Kier molecular flexibility index (Phi) is 5.07. The summed E-state index contributed by atoms with van der Waals surface area (Å²) in [5.74, 6) is 0.855. The van der Waals surface area contributed by atoms with Crippen LogP contribution in [-0.2, 0) is 5.41 Å². The van der Waals surface area contributed by atoms with Gasteiger partial charge in [0.2, 0.25) is 0 Å². The molecular formula is C18H22BrNO. The molecular weight excluding hydrogens is 326 g/mol. The first kappa shape index (κ1) is 16.1. The molecule has 0 spiro atoms. The molecule has 1 atom stereocenters. The van der Waals surface area contributed by atoms with Crippen LogP contribution in [-0.4, -0.2) is 6.54 Å².